The van der Waals surface area contributed by atoms with E-state index in [2.05, 4.69) is 21.0 Å². The molecule has 2 rings (SSSR count). The fourth-order valence-electron chi connectivity index (χ4n) is 2.09. The minimum Gasteiger partial charge on any atom is -0.492 e. The van der Waals surface area contributed by atoms with Crippen LogP contribution in [0.2, 0.25) is 0 Å². The first kappa shape index (κ1) is 13.7. The van der Waals surface area contributed by atoms with Gasteiger partial charge in [0.1, 0.15) is 5.82 Å². The summed E-state index contributed by atoms with van der Waals surface area (Å²) >= 11 is 3.47. The molecule has 5 nitrogen and oxygen atoms in total. The monoisotopic (exact) mass is 325 g/mol. The second-order valence-electron chi connectivity index (χ2n) is 4.18. The minimum absolute atomic E-state index is 0.589. The van der Waals surface area contributed by atoms with Crippen molar-refractivity contribution in [2.45, 2.75) is 6.92 Å². The Morgan fingerprint density at radius 2 is 1.89 bits per heavy atom. The first-order valence-corrected chi connectivity index (χ1v) is 6.49. The highest BCUT2D eigenvalue weighted by molar-refractivity contribution is 9.10. The Hall–Kier alpha value is -1.69. The van der Waals surface area contributed by atoms with Crippen LogP contribution in [0.5, 0.6) is 11.5 Å². The molecule has 0 aliphatic carbocycles. The molecule has 1 aromatic carbocycles. The lowest BCUT2D eigenvalue weighted by Gasteiger charge is -2.16. The van der Waals surface area contributed by atoms with Crippen molar-refractivity contribution in [3.8, 4) is 22.6 Å². The molecule has 0 saturated carbocycles. The summed E-state index contributed by atoms with van der Waals surface area (Å²) in [7, 11) is 5.02. The first-order chi connectivity index (χ1) is 9.01. The van der Waals surface area contributed by atoms with Gasteiger partial charge in [-0.15, -0.1) is 0 Å². The number of hydrogen-bond acceptors (Lipinski definition) is 4. The van der Waals surface area contributed by atoms with Gasteiger partial charge in [0, 0.05) is 18.2 Å². The Balaban J connectivity index is 2.79. The number of nitrogen functional groups attached to an aromatic ring is 1. The van der Waals surface area contributed by atoms with Crippen molar-refractivity contribution in [2.24, 2.45) is 7.05 Å². The molecule has 0 spiro atoms. The van der Waals surface area contributed by atoms with Gasteiger partial charge in [0.2, 0.25) is 0 Å². The Kier molecular flexibility index (Phi) is 3.71. The average Bonchev–Trinajstić information content (AvgIpc) is 2.69. The second kappa shape index (κ2) is 5.13. The van der Waals surface area contributed by atoms with Gasteiger partial charge in [-0.3, -0.25) is 4.68 Å². The third kappa shape index (κ3) is 2.16. The third-order valence-corrected chi connectivity index (χ3v) is 3.64. The number of ether oxygens (including phenoxy) is 2. The van der Waals surface area contributed by atoms with E-state index in [1.165, 1.54) is 0 Å². The Labute approximate surface area is 120 Å². The van der Waals surface area contributed by atoms with Gasteiger partial charge in [0.25, 0.3) is 0 Å². The van der Waals surface area contributed by atoms with E-state index in [1.807, 2.05) is 13.0 Å². The van der Waals surface area contributed by atoms with Crippen molar-refractivity contribution in [3.63, 3.8) is 0 Å². The maximum absolute atomic E-state index is 6.05. The minimum atomic E-state index is 0.589. The lowest BCUT2D eigenvalue weighted by atomic mass is 10.0. The fraction of sp³-hybridized carbons (Fsp3) is 0.308. The summed E-state index contributed by atoms with van der Waals surface area (Å²) in [5.41, 5.74) is 8.81. The van der Waals surface area contributed by atoms with E-state index in [0.29, 0.717) is 17.3 Å². The van der Waals surface area contributed by atoms with Gasteiger partial charge < -0.3 is 15.2 Å². The highest BCUT2D eigenvalue weighted by Crippen LogP contribution is 2.46. The summed E-state index contributed by atoms with van der Waals surface area (Å²) in [5.74, 6) is 1.88. The zero-order valence-electron chi connectivity index (χ0n) is 11.3. The highest BCUT2D eigenvalue weighted by Gasteiger charge is 2.21. The molecule has 0 amide bonds. The number of anilines is 1. The number of nitrogens with zero attached hydrogens (tertiary/aromatic N) is 2. The molecule has 0 atom stereocenters. The fourth-order valence-corrected chi connectivity index (χ4v) is 2.77. The van der Waals surface area contributed by atoms with Crippen molar-refractivity contribution in [1.82, 2.24) is 9.78 Å². The average molecular weight is 326 g/mol. The van der Waals surface area contributed by atoms with Crippen LogP contribution in [0, 0.1) is 6.92 Å². The topological polar surface area (TPSA) is 62.3 Å². The number of nitrogens with two attached hydrogens (primary N) is 1. The summed E-state index contributed by atoms with van der Waals surface area (Å²) < 4.78 is 13.4. The second-order valence-corrected chi connectivity index (χ2v) is 5.04. The summed E-state index contributed by atoms with van der Waals surface area (Å²) in [4.78, 5) is 0. The molecule has 0 radical (unpaired) electrons. The third-order valence-electron chi connectivity index (χ3n) is 3.05. The van der Waals surface area contributed by atoms with Gasteiger partial charge in [-0.1, -0.05) is 0 Å². The Bertz CT molecular complexity index is 623. The van der Waals surface area contributed by atoms with E-state index in [1.54, 1.807) is 32.1 Å². The van der Waals surface area contributed by atoms with Gasteiger partial charge in [-0.05, 0) is 34.5 Å². The zero-order valence-corrected chi connectivity index (χ0v) is 12.9. The van der Waals surface area contributed by atoms with Crippen LogP contribution < -0.4 is 15.2 Å². The van der Waals surface area contributed by atoms with Crippen LogP contribution in [-0.2, 0) is 7.05 Å². The lowest BCUT2D eigenvalue weighted by molar-refractivity contribution is 0.354. The molecule has 2 aromatic rings. The molecule has 0 fully saturated rings. The Morgan fingerprint density at radius 1 is 1.26 bits per heavy atom. The van der Waals surface area contributed by atoms with Crippen molar-refractivity contribution < 1.29 is 9.47 Å². The molecule has 6 heteroatoms. The number of aryl methyl sites for hydroxylation is 2. The van der Waals surface area contributed by atoms with Gasteiger partial charge in [0.15, 0.2) is 11.5 Å². The number of aromatic nitrogens is 2. The van der Waals surface area contributed by atoms with E-state index in [-0.39, 0.29) is 0 Å². The summed E-state index contributed by atoms with van der Waals surface area (Å²) in [6.45, 7) is 1.99. The lowest BCUT2D eigenvalue weighted by Crippen LogP contribution is -2.00. The van der Waals surface area contributed by atoms with Crippen LogP contribution >= 0.6 is 15.9 Å². The number of methoxy groups -OCH3 is 2. The van der Waals surface area contributed by atoms with Crippen molar-refractivity contribution >= 4 is 21.7 Å². The van der Waals surface area contributed by atoms with E-state index >= 15 is 0 Å². The summed E-state index contributed by atoms with van der Waals surface area (Å²) in [5, 5.41) is 4.17. The van der Waals surface area contributed by atoms with Crippen molar-refractivity contribution in [1.29, 1.82) is 0 Å². The van der Waals surface area contributed by atoms with Crippen LogP contribution in [0.15, 0.2) is 16.7 Å². The van der Waals surface area contributed by atoms with Crippen LogP contribution in [0.25, 0.3) is 11.1 Å². The first-order valence-electron chi connectivity index (χ1n) is 5.70. The van der Waals surface area contributed by atoms with E-state index in [9.17, 15) is 0 Å². The molecule has 1 aromatic heterocycles. The standard InChI is InChI=1S/C13H16BrN3O2/c1-7-5-9(14)11(18-3)12(19-4)10(7)8-6-16-17(2)13(8)15/h5-6H,15H2,1-4H3. The molecule has 1 heterocycles. The highest BCUT2D eigenvalue weighted by atomic mass is 79.9. The SMILES string of the molecule is COc1c(Br)cc(C)c(-c2cnn(C)c2N)c1OC. The molecular formula is C13H16BrN3O2. The quantitative estimate of drug-likeness (QED) is 0.942. The molecule has 0 aliphatic heterocycles. The molecular weight excluding hydrogens is 310 g/mol. The molecule has 102 valence electrons. The van der Waals surface area contributed by atoms with Gasteiger partial charge >= 0.3 is 0 Å². The van der Waals surface area contributed by atoms with Gasteiger partial charge in [-0.2, -0.15) is 5.10 Å². The molecule has 0 unspecified atom stereocenters. The number of hydrogen-bond donors (Lipinski definition) is 1. The van der Waals surface area contributed by atoms with Crippen molar-refractivity contribution in [3.05, 3.63) is 22.3 Å². The number of halogens is 1. The number of benzene rings is 1. The van der Waals surface area contributed by atoms with Gasteiger partial charge in [-0.25, -0.2) is 0 Å². The van der Waals surface area contributed by atoms with E-state index < -0.39 is 0 Å². The largest absolute Gasteiger partial charge is 0.492 e. The maximum Gasteiger partial charge on any atom is 0.175 e. The van der Waals surface area contributed by atoms with Crippen LogP contribution in [0.3, 0.4) is 0 Å². The summed E-state index contributed by atoms with van der Waals surface area (Å²) in [6.07, 6.45) is 1.73. The molecule has 0 saturated heterocycles. The number of rotatable bonds is 3. The van der Waals surface area contributed by atoms with Crippen LogP contribution in [0.1, 0.15) is 5.56 Å². The predicted octanol–water partition coefficient (Wildman–Crippen LogP) is 2.76. The zero-order chi connectivity index (χ0) is 14.2. The molecule has 0 bridgehead atoms. The van der Waals surface area contributed by atoms with Crippen LogP contribution in [-0.4, -0.2) is 24.0 Å². The van der Waals surface area contributed by atoms with Crippen molar-refractivity contribution in [2.75, 3.05) is 20.0 Å². The Morgan fingerprint density at radius 3 is 2.37 bits per heavy atom. The predicted molar refractivity (Wildman–Crippen MR) is 78.6 cm³/mol. The molecule has 0 aliphatic rings. The normalized spacial score (nSPS) is 10.6. The van der Waals surface area contributed by atoms with Crippen LogP contribution in [0.4, 0.5) is 5.82 Å². The van der Waals surface area contributed by atoms with E-state index in [4.69, 9.17) is 15.2 Å². The van der Waals surface area contributed by atoms with Gasteiger partial charge in [0.05, 0.1) is 24.9 Å². The summed E-state index contributed by atoms with van der Waals surface area (Å²) in [6, 6.07) is 1.98. The maximum atomic E-state index is 6.05. The van der Waals surface area contributed by atoms with E-state index in [0.717, 1.165) is 21.2 Å². The molecule has 19 heavy (non-hydrogen) atoms. The smallest absolute Gasteiger partial charge is 0.175 e. The molecule has 2 N–H and O–H groups in total.